The van der Waals surface area contributed by atoms with Gasteiger partial charge in [-0.1, -0.05) is 0 Å². The largest absolute Gasteiger partial charge is 0.338 e. The predicted molar refractivity (Wildman–Crippen MR) is 69.2 cm³/mol. The van der Waals surface area contributed by atoms with Crippen LogP contribution in [0.25, 0.3) is 0 Å². The van der Waals surface area contributed by atoms with Gasteiger partial charge in [-0.05, 0) is 41.8 Å². The minimum absolute atomic E-state index is 0.143. The molecular weight excluding hydrogens is 284 g/mol. The van der Waals surface area contributed by atoms with Gasteiger partial charge in [0.05, 0.1) is 0 Å². The number of hydrogen-bond donors (Lipinski definition) is 0. The molecule has 17 heavy (non-hydrogen) atoms. The van der Waals surface area contributed by atoms with Crippen LogP contribution in [0.15, 0.2) is 21.5 Å². The molecule has 0 unspecified atom stereocenters. The molecule has 0 N–H and O–H groups in total. The van der Waals surface area contributed by atoms with Gasteiger partial charge in [0.15, 0.2) is 0 Å². The van der Waals surface area contributed by atoms with Gasteiger partial charge in [0.1, 0.15) is 5.56 Å². The summed E-state index contributed by atoms with van der Waals surface area (Å²) in [6.07, 6.45) is 3.77. The number of amides is 1. The standard InChI is InChI=1S/C12H15BrN2O2/c1-2-14-8-9(13)7-10(11(14)16)12(17)15-5-3-4-6-15/h7-8H,2-6H2,1H3. The van der Waals surface area contributed by atoms with Crippen molar-refractivity contribution < 1.29 is 4.79 Å². The molecule has 5 heteroatoms. The molecule has 1 amide bonds. The highest BCUT2D eigenvalue weighted by Gasteiger charge is 2.22. The van der Waals surface area contributed by atoms with E-state index < -0.39 is 0 Å². The van der Waals surface area contributed by atoms with E-state index in [4.69, 9.17) is 0 Å². The van der Waals surface area contributed by atoms with Crippen LogP contribution in [0.4, 0.5) is 0 Å². The summed E-state index contributed by atoms with van der Waals surface area (Å²) < 4.78 is 2.31. The van der Waals surface area contributed by atoms with E-state index in [2.05, 4.69) is 15.9 Å². The molecule has 1 aromatic rings. The number of likely N-dealkylation sites (tertiary alicyclic amines) is 1. The Morgan fingerprint density at radius 3 is 2.65 bits per heavy atom. The summed E-state index contributed by atoms with van der Waals surface area (Å²) in [6.45, 7) is 3.98. The molecular formula is C12H15BrN2O2. The first-order valence-corrected chi connectivity index (χ1v) is 6.62. The maximum absolute atomic E-state index is 12.2. The maximum Gasteiger partial charge on any atom is 0.263 e. The average Bonchev–Trinajstić information content (AvgIpc) is 2.84. The van der Waals surface area contributed by atoms with E-state index in [1.165, 1.54) is 0 Å². The Morgan fingerprint density at radius 1 is 1.41 bits per heavy atom. The van der Waals surface area contributed by atoms with Gasteiger partial charge in [0.25, 0.3) is 11.5 Å². The Kier molecular flexibility index (Phi) is 3.66. The van der Waals surface area contributed by atoms with E-state index in [1.54, 1.807) is 21.7 Å². The van der Waals surface area contributed by atoms with E-state index in [0.717, 1.165) is 30.4 Å². The van der Waals surface area contributed by atoms with Gasteiger partial charge in [-0.2, -0.15) is 0 Å². The van der Waals surface area contributed by atoms with E-state index in [9.17, 15) is 9.59 Å². The molecule has 92 valence electrons. The molecule has 0 atom stereocenters. The Morgan fingerprint density at radius 2 is 2.06 bits per heavy atom. The molecule has 1 aliphatic rings. The highest BCUT2D eigenvalue weighted by atomic mass is 79.9. The van der Waals surface area contributed by atoms with Gasteiger partial charge in [0, 0.05) is 30.3 Å². The number of carbonyl (C=O) groups excluding carboxylic acids is 1. The van der Waals surface area contributed by atoms with Crippen molar-refractivity contribution in [3.05, 3.63) is 32.7 Å². The third kappa shape index (κ3) is 2.44. The van der Waals surface area contributed by atoms with Crippen LogP contribution in [0.5, 0.6) is 0 Å². The van der Waals surface area contributed by atoms with Crippen LogP contribution >= 0.6 is 15.9 Å². The summed E-state index contributed by atoms with van der Waals surface area (Å²) in [7, 11) is 0. The molecule has 1 aliphatic heterocycles. The number of aryl methyl sites for hydroxylation is 1. The molecule has 0 bridgehead atoms. The molecule has 1 fully saturated rings. The van der Waals surface area contributed by atoms with Gasteiger partial charge in [0.2, 0.25) is 0 Å². The molecule has 0 aliphatic carbocycles. The Hall–Kier alpha value is -1.10. The molecule has 0 spiro atoms. The monoisotopic (exact) mass is 298 g/mol. The lowest BCUT2D eigenvalue weighted by atomic mass is 10.2. The van der Waals surface area contributed by atoms with Crippen LogP contribution < -0.4 is 5.56 Å². The molecule has 0 aromatic carbocycles. The topological polar surface area (TPSA) is 42.3 Å². The maximum atomic E-state index is 12.2. The molecule has 4 nitrogen and oxygen atoms in total. The molecule has 2 rings (SSSR count). The van der Waals surface area contributed by atoms with Gasteiger partial charge in [-0.3, -0.25) is 9.59 Å². The summed E-state index contributed by atoms with van der Waals surface area (Å²) in [5.74, 6) is -0.143. The zero-order chi connectivity index (χ0) is 12.4. The quantitative estimate of drug-likeness (QED) is 0.836. The minimum Gasteiger partial charge on any atom is -0.338 e. The Balaban J connectivity index is 2.40. The summed E-state index contributed by atoms with van der Waals surface area (Å²) in [6, 6.07) is 1.62. The molecule has 0 saturated carbocycles. The van der Waals surface area contributed by atoms with Crippen molar-refractivity contribution in [1.82, 2.24) is 9.47 Å². The van der Waals surface area contributed by atoms with E-state index in [0.29, 0.717) is 6.54 Å². The van der Waals surface area contributed by atoms with Crippen molar-refractivity contribution in [3.63, 3.8) is 0 Å². The average molecular weight is 299 g/mol. The van der Waals surface area contributed by atoms with Crippen molar-refractivity contribution in [2.45, 2.75) is 26.3 Å². The molecule has 1 aromatic heterocycles. The third-order valence-electron chi connectivity index (χ3n) is 3.02. The second-order valence-electron chi connectivity index (χ2n) is 4.16. The van der Waals surface area contributed by atoms with Gasteiger partial charge >= 0.3 is 0 Å². The normalized spacial score (nSPS) is 15.3. The highest BCUT2D eigenvalue weighted by molar-refractivity contribution is 9.10. The summed E-state index contributed by atoms with van der Waals surface area (Å²) in [5.41, 5.74) is 0.0655. The van der Waals surface area contributed by atoms with Crippen molar-refractivity contribution >= 4 is 21.8 Å². The van der Waals surface area contributed by atoms with Crippen LogP contribution in [-0.4, -0.2) is 28.5 Å². The van der Waals surface area contributed by atoms with E-state index in [-0.39, 0.29) is 17.0 Å². The van der Waals surface area contributed by atoms with Crippen LogP contribution in [-0.2, 0) is 6.54 Å². The first-order chi connectivity index (χ1) is 8.13. The summed E-state index contributed by atoms with van der Waals surface area (Å²) >= 11 is 3.33. The Bertz CT molecular complexity index is 490. The lowest BCUT2D eigenvalue weighted by Gasteiger charge is -2.15. The number of pyridine rings is 1. The fourth-order valence-electron chi connectivity index (χ4n) is 2.08. The third-order valence-corrected chi connectivity index (χ3v) is 3.45. The number of aromatic nitrogens is 1. The fourth-order valence-corrected chi connectivity index (χ4v) is 2.55. The summed E-state index contributed by atoms with van der Waals surface area (Å²) in [4.78, 5) is 26.0. The zero-order valence-electron chi connectivity index (χ0n) is 9.78. The second kappa shape index (κ2) is 5.04. The van der Waals surface area contributed by atoms with Gasteiger partial charge < -0.3 is 9.47 Å². The van der Waals surface area contributed by atoms with Crippen LogP contribution in [0.2, 0.25) is 0 Å². The molecule has 0 radical (unpaired) electrons. The first-order valence-electron chi connectivity index (χ1n) is 5.82. The lowest BCUT2D eigenvalue weighted by molar-refractivity contribution is 0.0790. The predicted octanol–water partition coefficient (Wildman–Crippen LogP) is 1.87. The smallest absolute Gasteiger partial charge is 0.263 e. The highest BCUT2D eigenvalue weighted by Crippen LogP contribution is 2.14. The van der Waals surface area contributed by atoms with Crippen molar-refractivity contribution in [2.24, 2.45) is 0 Å². The second-order valence-corrected chi connectivity index (χ2v) is 5.08. The summed E-state index contributed by atoms with van der Waals surface area (Å²) in [5, 5.41) is 0. The van der Waals surface area contributed by atoms with Gasteiger partial charge in [-0.15, -0.1) is 0 Å². The van der Waals surface area contributed by atoms with Gasteiger partial charge in [-0.25, -0.2) is 0 Å². The SMILES string of the molecule is CCn1cc(Br)cc(C(=O)N2CCCC2)c1=O. The zero-order valence-corrected chi connectivity index (χ0v) is 11.4. The van der Waals surface area contributed by atoms with Crippen molar-refractivity contribution in [3.8, 4) is 0 Å². The number of nitrogens with zero attached hydrogens (tertiary/aromatic N) is 2. The van der Waals surface area contributed by atoms with E-state index >= 15 is 0 Å². The number of hydrogen-bond acceptors (Lipinski definition) is 2. The van der Waals surface area contributed by atoms with Crippen molar-refractivity contribution in [2.75, 3.05) is 13.1 Å². The van der Waals surface area contributed by atoms with E-state index in [1.807, 2.05) is 6.92 Å². The van der Waals surface area contributed by atoms with Crippen LogP contribution in [0, 0.1) is 0 Å². The van der Waals surface area contributed by atoms with Crippen molar-refractivity contribution in [1.29, 1.82) is 0 Å². The number of halogens is 1. The first kappa shape index (κ1) is 12.4. The molecule has 2 heterocycles. The number of carbonyl (C=O) groups is 1. The number of rotatable bonds is 2. The lowest BCUT2D eigenvalue weighted by Crippen LogP contribution is -2.34. The van der Waals surface area contributed by atoms with Crippen LogP contribution in [0.3, 0.4) is 0 Å². The van der Waals surface area contributed by atoms with Crippen LogP contribution in [0.1, 0.15) is 30.1 Å². The minimum atomic E-state index is -0.201. The molecule has 1 saturated heterocycles. The fraction of sp³-hybridized carbons (Fsp3) is 0.500. The Labute approximate surface area is 108 Å².